The number of nitrogens with zero attached hydrogens (tertiary/aromatic N) is 1. The first-order chi connectivity index (χ1) is 11.9. The van der Waals surface area contributed by atoms with Crippen molar-refractivity contribution in [2.45, 2.75) is 12.5 Å². The van der Waals surface area contributed by atoms with Gasteiger partial charge >= 0.3 is 0 Å². The van der Waals surface area contributed by atoms with Gasteiger partial charge in [-0.2, -0.15) is 0 Å². The zero-order valence-corrected chi connectivity index (χ0v) is 15.3. The van der Waals surface area contributed by atoms with Crippen molar-refractivity contribution in [3.8, 4) is 0 Å². The smallest absolute Gasteiger partial charge is 0.265 e. The Morgan fingerprint density at radius 3 is 2.68 bits per heavy atom. The number of anilines is 1. The quantitative estimate of drug-likeness (QED) is 0.885. The number of sulfone groups is 1. The Labute approximate surface area is 150 Å². The third kappa shape index (κ3) is 4.08. The van der Waals surface area contributed by atoms with E-state index in [1.54, 1.807) is 43.4 Å². The van der Waals surface area contributed by atoms with Crippen LogP contribution in [-0.4, -0.2) is 49.7 Å². The van der Waals surface area contributed by atoms with Crippen molar-refractivity contribution in [3.63, 3.8) is 0 Å². The molecule has 0 saturated carbocycles. The first-order valence-corrected chi connectivity index (χ1v) is 10.5. The molecular weight excluding hydrogens is 360 g/mol. The number of nitrogens with one attached hydrogen (secondary N) is 1. The second-order valence-corrected chi connectivity index (χ2v) is 9.16. The average molecular weight is 378 g/mol. The van der Waals surface area contributed by atoms with Gasteiger partial charge in [-0.15, -0.1) is 11.3 Å². The van der Waals surface area contributed by atoms with Crippen LogP contribution >= 0.6 is 11.3 Å². The van der Waals surface area contributed by atoms with Gasteiger partial charge in [-0.05, 0) is 36.1 Å². The van der Waals surface area contributed by atoms with E-state index >= 15 is 0 Å². The maximum absolute atomic E-state index is 12.6. The number of carbonyl (C=O) groups is 2. The number of benzene rings is 1. The Morgan fingerprint density at radius 2 is 2.04 bits per heavy atom. The number of carbonyl (C=O) groups excluding carboxylic acids is 2. The van der Waals surface area contributed by atoms with Crippen molar-refractivity contribution >= 4 is 38.7 Å². The first-order valence-electron chi connectivity index (χ1n) is 7.78. The first kappa shape index (κ1) is 17.6. The fraction of sp³-hybridized carbons (Fsp3) is 0.294. The molecule has 8 heteroatoms. The second kappa shape index (κ2) is 6.97. The summed E-state index contributed by atoms with van der Waals surface area (Å²) in [4.78, 5) is 26.8. The highest BCUT2D eigenvalue weighted by Gasteiger charge is 2.33. The topological polar surface area (TPSA) is 83.6 Å². The third-order valence-electron chi connectivity index (χ3n) is 4.19. The van der Waals surface area contributed by atoms with Gasteiger partial charge in [0.15, 0.2) is 9.84 Å². The van der Waals surface area contributed by atoms with E-state index in [2.05, 4.69) is 5.32 Å². The third-order valence-corrected chi connectivity index (χ3v) is 6.81. The van der Waals surface area contributed by atoms with Crippen LogP contribution in [-0.2, 0) is 9.84 Å². The minimum absolute atomic E-state index is 0.00401. The van der Waals surface area contributed by atoms with E-state index < -0.39 is 9.84 Å². The fourth-order valence-electron chi connectivity index (χ4n) is 2.78. The lowest BCUT2D eigenvalue weighted by Crippen LogP contribution is -2.37. The molecule has 2 amide bonds. The maximum atomic E-state index is 12.6. The van der Waals surface area contributed by atoms with E-state index in [0.717, 1.165) is 0 Å². The molecule has 1 unspecified atom stereocenters. The molecule has 1 atom stereocenters. The van der Waals surface area contributed by atoms with Gasteiger partial charge in [0.2, 0.25) is 0 Å². The summed E-state index contributed by atoms with van der Waals surface area (Å²) in [5.41, 5.74) is 0.937. The van der Waals surface area contributed by atoms with E-state index in [4.69, 9.17) is 0 Å². The van der Waals surface area contributed by atoms with Crippen molar-refractivity contribution in [1.82, 2.24) is 4.90 Å². The molecule has 1 fully saturated rings. The van der Waals surface area contributed by atoms with Crippen LogP contribution in [0.3, 0.4) is 0 Å². The zero-order chi connectivity index (χ0) is 18.0. The molecule has 0 spiro atoms. The molecule has 25 heavy (non-hydrogen) atoms. The largest absolute Gasteiger partial charge is 0.338 e. The molecule has 0 radical (unpaired) electrons. The Bertz CT molecular complexity index is 891. The molecule has 1 aliphatic rings. The number of hydrogen-bond acceptors (Lipinski definition) is 5. The second-order valence-electron chi connectivity index (χ2n) is 5.99. The average Bonchev–Trinajstić information content (AvgIpc) is 3.23. The predicted octanol–water partition coefficient (Wildman–Crippen LogP) is 2.26. The number of amides is 2. The summed E-state index contributed by atoms with van der Waals surface area (Å²) in [7, 11) is -1.44. The molecule has 1 aromatic heterocycles. The van der Waals surface area contributed by atoms with Crippen LogP contribution in [0.5, 0.6) is 0 Å². The monoisotopic (exact) mass is 378 g/mol. The highest BCUT2D eigenvalue weighted by molar-refractivity contribution is 7.91. The van der Waals surface area contributed by atoms with Crippen molar-refractivity contribution in [3.05, 3.63) is 52.2 Å². The maximum Gasteiger partial charge on any atom is 0.265 e. The lowest BCUT2D eigenvalue weighted by molar-refractivity contribution is 0.0747. The Kier molecular flexibility index (Phi) is 4.91. The Balaban J connectivity index is 1.72. The van der Waals surface area contributed by atoms with Crippen molar-refractivity contribution in [1.29, 1.82) is 0 Å². The Hall–Kier alpha value is -2.19. The molecule has 1 N–H and O–H groups in total. The summed E-state index contributed by atoms with van der Waals surface area (Å²) in [6, 6.07) is 9.88. The summed E-state index contributed by atoms with van der Waals surface area (Å²) >= 11 is 1.34. The predicted molar refractivity (Wildman–Crippen MR) is 97.9 cm³/mol. The van der Waals surface area contributed by atoms with Crippen LogP contribution in [0.2, 0.25) is 0 Å². The molecule has 1 saturated heterocycles. The van der Waals surface area contributed by atoms with Crippen LogP contribution in [0.1, 0.15) is 26.5 Å². The van der Waals surface area contributed by atoms with Gasteiger partial charge in [0.1, 0.15) is 0 Å². The van der Waals surface area contributed by atoms with Gasteiger partial charge in [0.05, 0.1) is 16.4 Å². The zero-order valence-electron chi connectivity index (χ0n) is 13.6. The number of hydrogen-bond donors (Lipinski definition) is 1. The summed E-state index contributed by atoms with van der Waals surface area (Å²) in [6.07, 6.45) is 0.458. The molecule has 0 aliphatic carbocycles. The van der Waals surface area contributed by atoms with Crippen LogP contribution < -0.4 is 5.32 Å². The summed E-state index contributed by atoms with van der Waals surface area (Å²) in [6.45, 7) is 0. The van der Waals surface area contributed by atoms with Crippen LogP contribution in [0.25, 0.3) is 0 Å². The van der Waals surface area contributed by atoms with E-state index in [9.17, 15) is 18.0 Å². The van der Waals surface area contributed by atoms with Crippen molar-refractivity contribution in [2.75, 3.05) is 23.9 Å². The molecule has 2 heterocycles. The van der Waals surface area contributed by atoms with E-state index in [-0.39, 0.29) is 29.4 Å². The van der Waals surface area contributed by atoms with Crippen LogP contribution in [0.4, 0.5) is 5.69 Å². The van der Waals surface area contributed by atoms with E-state index in [1.165, 1.54) is 16.2 Å². The summed E-state index contributed by atoms with van der Waals surface area (Å²) in [5, 5.41) is 4.58. The van der Waals surface area contributed by atoms with Crippen LogP contribution in [0.15, 0.2) is 41.8 Å². The highest BCUT2D eigenvalue weighted by Crippen LogP contribution is 2.20. The van der Waals surface area contributed by atoms with Gasteiger partial charge in [-0.3, -0.25) is 9.59 Å². The SMILES string of the molecule is CN(C(=O)c1cccc(NC(=O)c2cccs2)c1)C1CCS(=O)(=O)C1. The minimum Gasteiger partial charge on any atom is -0.338 e. The fourth-order valence-corrected chi connectivity index (χ4v) is 5.17. The summed E-state index contributed by atoms with van der Waals surface area (Å²) in [5.74, 6) is -0.361. The molecule has 1 aromatic carbocycles. The normalized spacial score (nSPS) is 18.7. The van der Waals surface area contributed by atoms with Gasteiger partial charge in [0, 0.05) is 24.3 Å². The molecular formula is C17H18N2O4S2. The van der Waals surface area contributed by atoms with Crippen LogP contribution in [0, 0.1) is 0 Å². The van der Waals surface area contributed by atoms with Gasteiger partial charge < -0.3 is 10.2 Å². The molecule has 3 rings (SSSR count). The molecule has 132 valence electrons. The molecule has 2 aromatic rings. The minimum atomic E-state index is -3.06. The molecule has 6 nitrogen and oxygen atoms in total. The molecule has 0 bridgehead atoms. The van der Waals surface area contributed by atoms with E-state index in [0.29, 0.717) is 22.5 Å². The number of thiophene rings is 1. The molecule has 1 aliphatic heterocycles. The Morgan fingerprint density at radius 1 is 1.24 bits per heavy atom. The summed E-state index contributed by atoms with van der Waals surface area (Å²) < 4.78 is 23.2. The van der Waals surface area contributed by atoms with Gasteiger partial charge in [-0.25, -0.2) is 8.42 Å². The lowest BCUT2D eigenvalue weighted by Gasteiger charge is -2.23. The van der Waals surface area contributed by atoms with Crippen molar-refractivity contribution < 1.29 is 18.0 Å². The highest BCUT2D eigenvalue weighted by atomic mass is 32.2. The van der Waals surface area contributed by atoms with Gasteiger partial charge in [-0.1, -0.05) is 12.1 Å². The van der Waals surface area contributed by atoms with Crippen molar-refractivity contribution in [2.24, 2.45) is 0 Å². The van der Waals surface area contributed by atoms with Gasteiger partial charge in [0.25, 0.3) is 11.8 Å². The van der Waals surface area contributed by atoms with E-state index in [1.807, 2.05) is 5.38 Å². The standard InChI is InChI=1S/C17H18N2O4S2/c1-19(14-7-9-25(22,23)11-14)17(21)12-4-2-5-13(10-12)18-16(20)15-6-3-8-24-15/h2-6,8,10,14H,7,9,11H2,1H3,(H,18,20). The lowest BCUT2D eigenvalue weighted by atomic mass is 10.1. The number of rotatable bonds is 4.